The zero-order chi connectivity index (χ0) is 21.0. The molecule has 0 fully saturated rings. The first-order valence-electron chi connectivity index (χ1n) is 8.16. The summed E-state index contributed by atoms with van der Waals surface area (Å²) in [5.74, 6) is 0. The van der Waals surface area contributed by atoms with Gasteiger partial charge in [-0.2, -0.15) is 5.10 Å². The number of anilines is 2. The highest BCUT2D eigenvalue weighted by atomic mass is 35.5. The zero-order valence-electron chi connectivity index (χ0n) is 15.0. The highest BCUT2D eigenvalue weighted by Gasteiger charge is 2.22. The van der Waals surface area contributed by atoms with Gasteiger partial charge in [0.15, 0.2) is 0 Å². The standard InChI is InChI=1S/C18H15ClN4O4S2/c1-12-8-9-28-17(12)11-20-21-16-7-6-15(23(24)25)10-18(16)29(26,27)22-14-4-2-13(19)3-5-14/h2-11,21-22H,1H3. The lowest BCUT2D eigenvalue weighted by molar-refractivity contribution is -0.385. The van der Waals surface area contributed by atoms with Crippen molar-refractivity contribution in [3.05, 3.63) is 79.5 Å². The molecule has 0 saturated carbocycles. The number of hydrogen-bond acceptors (Lipinski definition) is 7. The average Bonchev–Trinajstić information content (AvgIpc) is 3.08. The van der Waals surface area contributed by atoms with Gasteiger partial charge < -0.3 is 0 Å². The number of rotatable bonds is 7. The number of nitrogens with one attached hydrogen (secondary N) is 2. The molecule has 1 heterocycles. The molecular formula is C18H15ClN4O4S2. The van der Waals surface area contributed by atoms with E-state index in [1.807, 2.05) is 18.4 Å². The van der Waals surface area contributed by atoms with Crippen molar-refractivity contribution in [1.29, 1.82) is 0 Å². The van der Waals surface area contributed by atoms with Crippen molar-refractivity contribution in [1.82, 2.24) is 0 Å². The third-order valence-electron chi connectivity index (χ3n) is 3.83. The summed E-state index contributed by atoms with van der Waals surface area (Å²) >= 11 is 7.30. The van der Waals surface area contributed by atoms with Crippen LogP contribution in [0.5, 0.6) is 0 Å². The second-order valence-corrected chi connectivity index (χ2v) is 8.92. The minimum Gasteiger partial charge on any atom is -0.280 e. The number of hydrazone groups is 1. The molecule has 11 heteroatoms. The van der Waals surface area contributed by atoms with Gasteiger partial charge in [-0.25, -0.2) is 8.42 Å². The lowest BCUT2D eigenvalue weighted by Crippen LogP contribution is -2.15. The zero-order valence-corrected chi connectivity index (χ0v) is 17.4. The van der Waals surface area contributed by atoms with E-state index in [0.29, 0.717) is 5.02 Å². The molecule has 0 aliphatic carbocycles. The molecule has 0 spiro atoms. The second-order valence-electron chi connectivity index (χ2n) is 5.89. The van der Waals surface area contributed by atoms with Crippen molar-refractivity contribution >= 4 is 56.2 Å². The van der Waals surface area contributed by atoms with Crippen LogP contribution in [0.25, 0.3) is 0 Å². The Balaban J connectivity index is 1.94. The third-order valence-corrected chi connectivity index (χ3v) is 6.46. The molecule has 2 N–H and O–H groups in total. The van der Waals surface area contributed by atoms with E-state index in [1.165, 1.54) is 47.7 Å². The summed E-state index contributed by atoms with van der Waals surface area (Å²) in [6.45, 7) is 1.93. The van der Waals surface area contributed by atoms with Crippen molar-refractivity contribution in [2.75, 3.05) is 10.1 Å². The smallest absolute Gasteiger partial charge is 0.270 e. The molecule has 3 aromatic rings. The van der Waals surface area contributed by atoms with Gasteiger partial charge in [0.05, 0.1) is 16.8 Å². The Morgan fingerprint density at radius 3 is 2.52 bits per heavy atom. The van der Waals surface area contributed by atoms with Crippen molar-refractivity contribution in [2.24, 2.45) is 5.10 Å². The molecule has 0 radical (unpaired) electrons. The van der Waals surface area contributed by atoms with E-state index in [1.54, 1.807) is 6.21 Å². The van der Waals surface area contributed by atoms with Crippen LogP contribution in [0, 0.1) is 17.0 Å². The highest BCUT2D eigenvalue weighted by molar-refractivity contribution is 7.92. The first kappa shape index (κ1) is 20.8. The van der Waals surface area contributed by atoms with Gasteiger partial charge >= 0.3 is 0 Å². The van der Waals surface area contributed by atoms with Crippen LogP contribution in [-0.2, 0) is 10.0 Å². The second kappa shape index (κ2) is 8.60. The Bertz CT molecular complexity index is 1170. The highest BCUT2D eigenvalue weighted by Crippen LogP contribution is 2.28. The minimum atomic E-state index is -4.14. The number of nitro benzene ring substituents is 1. The van der Waals surface area contributed by atoms with Crippen LogP contribution in [0.1, 0.15) is 10.4 Å². The summed E-state index contributed by atoms with van der Waals surface area (Å²) in [7, 11) is -4.14. The third kappa shape index (κ3) is 5.11. The van der Waals surface area contributed by atoms with E-state index in [4.69, 9.17) is 11.6 Å². The molecule has 0 aliphatic rings. The first-order valence-corrected chi connectivity index (χ1v) is 10.9. The normalized spacial score (nSPS) is 11.5. The van der Waals surface area contributed by atoms with E-state index >= 15 is 0 Å². The van der Waals surface area contributed by atoms with Crippen molar-refractivity contribution in [3.63, 3.8) is 0 Å². The van der Waals surface area contributed by atoms with Gasteiger partial charge in [-0.05, 0) is 54.3 Å². The molecule has 0 amide bonds. The van der Waals surface area contributed by atoms with E-state index in [-0.39, 0.29) is 22.0 Å². The largest absolute Gasteiger partial charge is 0.280 e. The maximum atomic E-state index is 12.9. The SMILES string of the molecule is Cc1ccsc1C=NNc1ccc([N+](=O)[O-])cc1S(=O)(=O)Nc1ccc(Cl)cc1. The number of non-ortho nitro benzene ring substituents is 1. The number of nitrogens with zero attached hydrogens (tertiary/aromatic N) is 2. The maximum Gasteiger partial charge on any atom is 0.270 e. The Morgan fingerprint density at radius 1 is 1.17 bits per heavy atom. The molecule has 0 atom stereocenters. The van der Waals surface area contributed by atoms with Gasteiger partial charge in [0.25, 0.3) is 15.7 Å². The summed E-state index contributed by atoms with van der Waals surface area (Å²) in [4.78, 5) is 11.1. The fourth-order valence-electron chi connectivity index (χ4n) is 2.34. The summed E-state index contributed by atoms with van der Waals surface area (Å²) in [5.41, 5.74) is 3.70. The van der Waals surface area contributed by atoms with E-state index in [9.17, 15) is 18.5 Å². The molecule has 0 aliphatic heterocycles. The number of halogens is 1. The maximum absolute atomic E-state index is 12.9. The van der Waals surface area contributed by atoms with Crippen LogP contribution < -0.4 is 10.1 Å². The van der Waals surface area contributed by atoms with Crippen LogP contribution in [0.15, 0.2) is 63.9 Å². The number of aryl methyl sites for hydroxylation is 1. The summed E-state index contributed by atoms with van der Waals surface area (Å²) in [6.07, 6.45) is 1.56. The quantitative estimate of drug-likeness (QED) is 0.303. The lowest BCUT2D eigenvalue weighted by atomic mass is 10.3. The molecular weight excluding hydrogens is 436 g/mol. The Morgan fingerprint density at radius 2 is 1.90 bits per heavy atom. The topological polar surface area (TPSA) is 114 Å². The van der Waals surface area contributed by atoms with Crippen molar-refractivity contribution < 1.29 is 13.3 Å². The van der Waals surface area contributed by atoms with E-state index < -0.39 is 14.9 Å². The van der Waals surface area contributed by atoms with Crippen molar-refractivity contribution in [2.45, 2.75) is 11.8 Å². The molecule has 0 bridgehead atoms. The van der Waals surface area contributed by atoms with Crippen LogP contribution in [0.3, 0.4) is 0 Å². The van der Waals surface area contributed by atoms with Gasteiger partial charge in [-0.15, -0.1) is 11.3 Å². The number of thiophene rings is 1. The fraction of sp³-hybridized carbons (Fsp3) is 0.0556. The van der Waals surface area contributed by atoms with Crippen molar-refractivity contribution in [3.8, 4) is 0 Å². The molecule has 2 aromatic carbocycles. The Hall–Kier alpha value is -2.95. The number of sulfonamides is 1. The molecule has 0 saturated heterocycles. The molecule has 29 heavy (non-hydrogen) atoms. The average molecular weight is 451 g/mol. The van der Waals surface area contributed by atoms with Gasteiger partial charge in [-0.3, -0.25) is 20.3 Å². The molecule has 150 valence electrons. The molecule has 3 rings (SSSR count). The van der Waals surface area contributed by atoms with E-state index in [0.717, 1.165) is 16.5 Å². The summed E-state index contributed by atoms with van der Waals surface area (Å²) < 4.78 is 28.1. The first-order chi connectivity index (χ1) is 13.8. The number of benzene rings is 2. The molecule has 1 aromatic heterocycles. The van der Waals surface area contributed by atoms with Gasteiger partial charge in [0.2, 0.25) is 0 Å². The number of nitro groups is 1. The van der Waals surface area contributed by atoms with Crippen LogP contribution in [-0.4, -0.2) is 19.6 Å². The van der Waals surface area contributed by atoms with Crippen LogP contribution in [0.4, 0.5) is 17.1 Å². The Kier molecular flexibility index (Phi) is 6.16. The predicted molar refractivity (Wildman–Crippen MR) is 116 cm³/mol. The van der Waals surface area contributed by atoms with Gasteiger partial charge in [-0.1, -0.05) is 11.6 Å². The fourth-order valence-corrected chi connectivity index (χ4v) is 4.49. The number of hydrogen-bond donors (Lipinski definition) is 2. The summed E-state index contributed by atoms with van der Waals surface area (Å²) in [6, 6.07) is 11.4. The molecule has 8 nitrogen and oxygen atoms in total. The van der Waals surface area contributed by atoms with Gasteiger partial charge in [0.1, 0.15) is 4.90 Å². The lowest BCUT2D eigenvalue weighted by Gasteiger charge is -2.12. The van der Waals surface area contributed by atoms with Crippen LogP contribution in [0.2, 0.25) is 5.02 Å². The van der Waals surface area contributed by atoms with Gasteiger partial charge in [0, 0.05) is 27.7 Å². The predicted octanol–water partition coefficient (Wildman–Crippen LogP) is 4.86. The molecule has 0 unspecified atom stereocenters. The van der Waals surface area contributed by atoms with Crippen LogP contribution >= 0.6 is 22.9 Å². The van der Waals surface area contributed by atoms with E-state index in [2.05, 4.69) is 15.2 Å². The minimum absolute atomic E-state index is 0.0996. The summed E-state index contributed by atoms with van der Waals surface area (Å²) in [5, 5.41) is 17.5. The Labute approximate surface area is 176 Å². The monoisotopic (exact) mass is 450 g/mol.